The van der Waals surface area contributed by atoms with Crippen LogP contribution in [0.3, 0.4) is 0 Å². The fraction of sp³-hybridized carbons (Fsp3) is 0.714. The number of halogens is 1. The van der Waals surface area contributed by atoms with E-state index in [0.717, 1.165) is 0 Å². The fourth-order valence-electron chi connectivity index (χ4n) is 0.877. The van der Waals surface area contributed by atoms with Gasteiger partial charge in [0.1, 0.15) is 0 Å². The molecular weight excluding hydrogens is 344 g/mol. The molecule has 0 saturated heterocycles. The molecule has 0 bridgehead atoms. The molecule has 0 aromatic rings. The maximum atomic E-state index is 11.0. The summed E-state index contributed by atoms with van der Waals surface area (Å²) in [6.07, 6.45) is 0. The second kappa shape index (κ2) is 10.5. The quantitative estimate of drug-likeness (QED) is 0.406. The minimum atomic E-state index is -0.820. The van der Waals surface area contributed by atoms with Crippen LogP contribution < -0.4 is 0 Å². The van der Waals surface area contributed by atoms with Crippen molar-refractivity contribution in [1.82, 2.24) is 0 Å². The maximum Gasteiger partial charge on any atom is 0.376 e. The van der Waals surface area contributed by atoms with Gasteiger partial charge in [0.15, 0.2) is 0 Å². The highest BCUT2D eigenvalue weighted by molar-refractivity contribution is 9.10. The average Bonchev–Trinajstić information content (AvgIpc) is 2.37. The van der Waals surface area contributed by atoms with Crippen molar-refractivity contribution in [2.75, 3.05) is 13.2 Å². The number of carbonyl (C=O) groups is 4. The highest BCUT2D eigenvalue weighted by Gasteiger charge is 2.31. The molecule has 6 nitrogen and oxygen atoms in total. The van der Waals surface area contributed by atoms with Crippen molar-refractivity contribution in [3.8, 4) is 0 Å². The molecule has 0 spiro atoms. The first-order chi connectivity index (χ1) is 9.48. The highest BCUT2D eigenvalue weighted by Crippen LogP contribution is 2.17. The molecule has 0 heterocycles. The van der Waals surface area contributed by atoms with Crippen molar-refractivity contribution in [2.45, 2.75) is 45.9 Å². The minimum absolute atomic E-state index is 0.230. The van der Waals surface area contributed by atoms with Crippen LogP contribution >= 0.6 is 15.9 Å². The monoisotopic (exact) mass is 366 g/mol. The van der Waals surface area contributed by atoms with Crippen molar-refractivity contribution in [3.63, 3.8) is 0 Å². The van der Waals surface area contributed by atoms with E-state index in [2.05, 4.69) is 25.4 Å². The third-order valence-electron chi connectivity index (χ3n) is 2.00. The Morgan fingerprint density at radius 1 is 0.952 bits per heavy atom. The number of hydrogen-bond donors (Lipinski definition) is 0. The lowest BCUT2D eigenvalue weighted by Crippen LogP contribution is -2.33. The number of esters is 2. The van der Waals surface area contributed by atoms with Crippen molar-refractivity contribution < 1.29 is 28.7 Å². The molecule has 0 atom stereocenters. The van der Waals surface area contributed by atoms with Crippen LogP contribution in [0.5, 0.6) is 0 Å². The third-order valence-corrected chi connectivity index (χ3v) is 2.36. The van der Waals surface area contributed by atoms with E-state index in [1.54, 1.807) is 41.5 Å². The van der Waals surface area contributed by atoms with Gasteiger partial charge in [0.25, 0.3) is 5.78 Å². The summed E-state index contributed by atoms with van der Waals surface area (Å²) < 4.78 is 8.17. The molecule has 0 amide bonds. The number of ether oxygens (including phenoxy) is 2. The topological polar surface area (TPSA) is 86.7 Å². The first kappa shape index (κ1) is 22.0. The van der Waals surface area contributed by atoms with Gasteiger partial charge in [0.2, 0.25) is 5.78 Å². The zero-order valence-corrected chi connectivity index (χ0v) is 14.9. The van der Waals surface area contributed by atoms with Gasteiger partial charge in [-0.05, 0) is 27.7 Å². The average molecular weight is 367 g/mol. The van der Waals surface area contributed by atoms with Crippen LogP contribution in [0, 0.1) is 5.92 Å². The predicted molar refractivity (Wildman–Crippen MR) is 81.1 cm³/mol. The Balaban J connectivity index is 0. The molecule has 0 aliphatic rings. The summed E-state index contributed by atoms with van der Waals surface area (Å²) in [6, 6.07) is 0. The van der Waals surface area contributed by atoms with E-state index < -0.39 is 27.8 Å². The van der Waals surface area contributed by atoms with E-state index in [0.29, 0.717) is 0 Å². The molecule has 0 N–H and O–H groups in total. The van der Waals surface area contributed by atoms with E-state index in [1.807, 2.05) is 0 Å². The summed E-state index contributed by atoms with van der Waals surface area (Å²) in [6.45, 7) is 10.4. The van der Waals surface area contributed by atoms with Crippen LogP contribution in [0.1, 0.15) is 41.5 Å². The molecule has 21 heavy (non-hydrogen) atoms. The number of rotatable bonds is 6. The molecule has 0 saturated carbocycles. The summed E-state index contributed by atoms with van der Waals surface area (Å²) in [4.78, 5) is 43.2. The Morgan fingerprint density at radius 2 is 1.33 bits per heavy atom. The van der Waals surface area contributed by atoms with Crippen molar-refractivity contribution in [2.24, 2.45) is 5.92 Å². The Kier molecular flexibility index (Phi) is 11.0. The van der Waals surface area contributed by atoms with Gasteiger partial charge < -0.3 is 9.47 Å². The zero-order chi connectivity index (χ0) is 17.2. The maximum absolute atomic E-state index is 11.0. The van der Waals surface area contributed by atoms with E-state index >= 15 is 0 Å². The predicted octanol–water partition coefficient (Wildman–Crippen LogP) is 2.07. The van der Waals surface area contributed by atoms with E-state index in [-0.39, 0.29) is 19.1 Å². The van der Waals surface area contributed by atoms with Crippen molar-refractivity contribution in [1.29, 1.82) is 0 Å². The number of alkyl halides is 1. The smallest absolute Gasteiger partial charge is 0.376 e. The third kappa shape index (κ3) is 10.2. The molecule has 0 radical (unpaired) electrons. The molecule has 0 aromatic carbocycles. The van der Waals surface area contributed by atoms with E-state index in [9.17, 15) is 19.2 Å². The van der Waals surface area contributed by atoms with Crippen LogP contribution in [0.25, 0.3) is 0 Å². The lowest BCUT2D eigenvalue weighted by Gasteiger charge is -2.12. The Morgan fingerprint density at radius 3 is 1.62 bits per heavy atom. The molecule has 0 aliphatic carbocycles. The lowest BCUT2D eigenvalue weighted by molar-refractivity contribution is -0.154. The van der Waals surface area contributed by atoms with Gasteiger partial charge in [0, 0.05) is 5.92 Å². The summed E-state index contributed by atoms with van der Waals surface area (Å²) >= 11 is 3.06. The SMILES string of the molecule is CCOC(=O)C(=O)C(C)(C)Br.CCOC(=O)C(=O)C(C)C. The largest absolute Gasteiger partial charge is 0.460 e. The zero-order valence-electron chi connectivity index (χ0n) is 13.3. The van der Waals surface area contributed by atoms with Crippen LogP contribution in [-0.2, 0) is 28.7 Å². The van der Waals surface area contributed by atoms with E-state index in [1.165, 1.54) is 0 Å². The van der Waals surface area contributed by atoms with Crippen LogP contribution in [-0.4, -0.2) is 41.0 Å². The summed E-state index contributed by atoms with van der Waals surface area (Å²) in [5.41, 5.74) is 0. The van der Waals surface area contributed by atoms with Gasteiger partial charge in [-0.3, -0.25) is 9.59 Å². The second-order valence-electron chi connectivity index (χ2n) is 4.76. The van der Waals surface area contributed by atoms with Crippen LogP contribution in [0.4, 0.5) is 0 Å². The lowest BCUT2D eigenvalue weighted by atomic mass is 10.1. The fourth-order valence-corrected chi connectivity index (χ4v) is 1.04. The first-order valence-electron chi connectivity index (χ1n) is 6.60. The number of ketones is 2. The molecule has 0 unspecified atom stereocenters. The van der Waals surface area contributed by atoms with Gasteiger partial charge in [0.05, 0.1) is 17.5 Å². The molecular formula is C14H23BrO6. The van der Waals surface area contributed by atoms with Gasteiger partial charge in [-0.1, -0.05) is 29.8 Å². The van der Waals surface area contributed by atoms with Crippen LogP contribution in [0.2, 0.25) is 0 Å². The summed E-state index contributed by atoms with van der Waals surface area (Å²) in [5, 5.41) is 0. The number of Topliss-reactive ketones (excluding diaryl/α,β-unsaturated/α-hetero) is 2. The molecule has 0 fully saturated rings. The Bertz CT molecular complexity index is 381. The van der Waals surface area contributed by atoms with Gasteiger partial charge in [-0.15, -0.1) is 0 Å². The van der Waals surface area contributed by atoms with E-state index in [4.69, 9.17) is 0 Å². The standard InChI is InChI=1S/C7H11BrO3.C7H12O3/c1-4-11-6(10)5(9)7(2,3)8;1-4-10-7(9)6(8)5(2)3/h4H2,1-3H3;5H,4H2,1-3H3. The highest BCUT2D eigenvalue weighted by atomic mass is 79.9. The van der Waals surface area contributed by atoms with Crippen LogP contribution in [0.15, 0.2) is 0 Å². The number of hydrogen-bond acceptors (Lipinski definition) is 6. The molecule has 0 aromatic heterocycles. The first-order valence-corrected chi connectivity index (χ1v) is 7.39. The van der Waals surface area contributed by atoms with Gasteiger partial charge in [-0.25, -0.2) is 9.59 Å². The summed E-state index contributed by atoms with van der Waals surface area (Å²) in [7, 11) is 0. The molecule has 7 heteroatoms. The van der Waals surface area contributed by atoms with Crippen molar-refractivity contribution in [3.05, 3.63) is 0 Å². The summed E-state index contributed by atoms with van der Waals surface area (Å²) in [5.74, 6) is -2.79. The minimum Gasteiger partial charge on any atom is -0.460 e. The van der Waals surface area contributed by atoms with Crippen molar-refractivity contribution >= 4 is 39.4 Å². The normalized spacial score (nSPS) is 10.3. The Labute approximate surface area is 133 Å². The number of carbonyl (C=O) groups excluding carboxylic acids is 4. The van der Waals surface area contributed by atoms with Gasteiger partial charge in [-0.2, -0.15) is 0 Å². The molecule has 122 valence electrons. The molecule has 0 aliphatic heterocycles. The molecule has 0 rings (SSSR count). The van der Waals surface area contributed by atoms with Gasteiger partial charge >= 0.3 is 11.9 Å². The Hall–Kier alpha value is -1.24. The second-order valence-corrected chi connectivity index (χ2v) is 6.74.